The molecule has 0 spiro atoms. The van der Waals surface area contributed by atoms with Crippen molar-refractivity contribution in [2.45, 2.75) is 6.54 Å². The van der Waals surface area contributed by atoms with Crippen LogP contribution in [0, 0.1) is 0 Å². The van der Waals surface area contributed by atoms with Crippen LogP contribution in [0.25, 0.3) is 0 Å². The topological polar surface area (TPSA) is 105 Å². The van der Waals surface area contributed by atoms with Gasteiger partial charge in [0, 0.05) is 68.1 Å². The molecule has 0 unspecified atom stereocenters. The summed E-state index contributed by atoms with van der Waals surface area (Å²) in [6.07, 6.45) is 3.41. The van der Waals surface area contributed by atoms with Crippen LogP contribution in [-0.2, 0) is 6.54 Å². The Balaban J connectivity index is 1.38. The zero-order valence-electron chi connectivity index (χ0n) is 24.5. The van der Waals surface area contributed by atoms with Crippen molar-refractivity contribution in [2.24, 2.45) is 0 Å². The van der Waals surface area contributed by atoms with Gasteiger partial charge in [-0.3, -0.25) is 14.6 Å². The standard InChI is InChI=1S/C33H35N5O5/c1-41-26-17-24(18-27(20-26)42-2)32(39)36-25-10-11-29(28(19-25)33(40)35-22-23-7-6-12-34-21-23)37-13-15-38(16-14-37)30-8-4-5-9-31(30)43-3/h4-12,17-21H,13-16,22H2,1-3H3,(H,35,40)(H,36,39). The number of carbonyl (C=O) groups is 2. The molecule has 0 aliphatic carbocycles. The highest BCUT2D eigenvalue weighted by molar-refractivity contribution is 6.06. The van der Waals surface area contributed by atoms with Crippen LogP contribution < -0.4 is 34.6 Å². The number of amides is 2. The van der Waals surface area contributed by atoms with Crippen LogP contribution >= 0.6 is 0 Å². The fourth-order valence-electron chi connectivity index (χ4n) is 5.07. The number of para-hydroxylation sites is 2. The third kappa shape index (κ3) is 6.98. The number of pyridine rings is 1. The number of benzene rings is 3. The third-order valence-electron chi connectivity index (χ3n) is 7.33. The van der Waals surface area contributed by atoms with Gasteiger partial charge >= 0.3 is 0 Å². The molecule has 2 amide bonds. The van der Waals surface area contributed by atoms with Gasteiger partial charge in [0.2, 0.25) is 0 Å². The van der Waals surface area contributed by atoms with Crippen LogP contribution in [0.1, 0.15) is 26.3 Å². The number of carbonyl (C=O) groups excluding carboxylic acids is 2. The molecule has 222 valence electrons. The highest BCUT2D eigenvalue weighted by atomic mass is 16.5. The van der Waals surface area contributed by atoms with E-state index in [0.29, 0.717) is 47.9 Å². The van der Waals surface area contributed by atoms with Crippen molar-refractivity contribution in [3.05, 3.63) is 102 Å². The normalized spacial score (nSPS) is 12.8. The van der Waals surface area contributed by atoms with Gasteiger partial charge in [-0.25, -0.2) is 0 Å². The third-order valence-corrected chi connectivity index (χ3v) is 7.33. The number of hydrogen-bond acceptors (Lipinski definition) is 8. The van der Waals surface area contributed by atoms with Gasteiger partial charge in [-0.15, -0.1) is 0 Å². The second-order valence-corrected chi connectivity index (χ2v) is 9.98. The molecule has 1 saturated heterocycles. The highest BCUT2D eigenvalue weighted by Gasteiger charge is 2.24. The Morgan fingerprint density at radius 2 is 1.47 bits per heavy atom. The fraction of sp³-hybridized carbons (Fsp3) is 0.242. The lowest BCUT2D eigenvalue weighted by Crippen LogP contribution is -2.47. The summed E-state index contributed by atoms with van der Waals surface area (Å²) >= 11 is 0. The Hall–Kier alpha value is -5.25. The molecule has 3 aromatic carbocycles. The minimum Gasteiger partial charge on any atom is -0.497 e. The summed E-state index contributed by atoms with van der Waals surface area (Å²) in [4.78, 5) is 35.4. The number of ether oxygens (including phenoxy) is 3. The zero-order valence-corrected chi connectivity index (χ0v) is 24.5. The maximum Gasteiger partial charge on any atom is 0.255 e. The summed E-state index contributed by atoms with van der Waals surface area (Å²) in [5, 5.41) is 5.93. The maximum absolute atomic E-state index is 13.6. The lowest BCUT2D eigenvalue weighted by atomic mass is 10.1. The summed E-state index contributed by atoms with van der Waals surface area (Å²) in [5.74, 6) is 1.24. The van der Waals surface area contributed by atoms with Gasteiger partial charge in [0.1, 0.15) is 17.2 Å². The van der Waals surface area contributed by atoms with Gasteiger partial charge in [-0.1, -0.05) is 18.2 Å². The molecular formula is C33H35N5O5. The Bertz CT molecular complexity index is 1550. The van der Waals surface area contributed by atoms with E-state index in [2.05, 4.69) is 31.5 Å². The lowest BCUT2D eigenvalue weighted by Gasteiger charge is -2.38. The van der Waals surface area contributed by atoms with Gasteiger partial charge in [0.05, 0.1) is 32.6 Å². The van der Waals surface area contributed by atoms with Crippen LogP contribution in [0.5, 0.6) is 17.2 Å². The van der Waals surface area contributed by atoms with E-state index in [4.69, 9.17) is 14.2 Å². The van der Waals surface area contributed by atoms with Crippen LogP contribution in [0.4, 0.5) is 17.1 Å². The van der Waals surface area contributed by atoms with Crippen LogP contribution in [0.2, 0.25) is 0 Å². The minimum absolute atomic E-state index is 0.245. The number of anilines is 3. The molecule has 5 rings (SSSR count). The van der Waals surface area contributed by atoms with Crippen molar-refractivity contribution < 1.29 is 23.8 Å². The molecule has 43 heavy (non-hydrogen) atoms. The fourth-order valence-corrected chi connectivity index (χ4v) is 5.07. The van der Waals surface area contributed by atoms with E-state index in [1.165, 1.54) is 14.2 Å². The molecule has 1 fully saturated rings. The van der Waals surface area contributed by atoms with E-state index < -0.39 is 0 Å². The average Bonchev–Trinajstić information content (AvgIpc) is 3.07. The van der Waals surface area contributed by atoms with Gasteiger partial charge in [-0.2, -0.15) is 0 Å². The average molecular weight is 582 g/mol. The molecular weight excluding hydrogens is 546 g/mol. The first-order chi connectivity index (χ1) is 21.0. The molecule has 10 nitrogen and oxygen atoms in total. The summed E-state index contributed by atoms with van der Waals surface area (Å²) in [6.45, 7) is 3.25. The number of hydrogen-bond donors (Lipinski definition) is 2. The first-order valence-electron chi connectivity index (χ1n) is 14.0. The van der Waals surface area contributed by atoms with Crippen molar-refractivity contribution in [1.29, 1.82) is 0 Å². The molecule has 1 aliphatic heterocycles. The monoisotopic (exact) mass is 581 g/mol. The molecule has 2 N–H and O–H groups in total. The number of methoxy groups -OCH3 is 3. The molecule has 1 aromatic heterocycles. The van der Waals surface area contributed by atoms with Crippen molar-refractivity contribution in [2.75, 3.05) is 62.6 Å². The number of nitrogens with zero attached hydrogens (tertiary/aromatic N) is 3. The molecule has 4 aromatic rings. The van der Waals surface area contributed by atoms with E-state index >= 15 is 0 Å². The second-order valence-electron chi connectivity index (χ2n) is 9.98. The minimum atomic E-state index is -0.350. The van der Waals surface area contributed by atoms with Gasteiger partial charge in [0.15, 0.2) is 0 Å². The largest absolute Gasteiger partial charge is 0.497 e. The molecule has 0 radical (unpaired) electrons. The molecule has 1 aliphatic rings. The molecule has 0 bridgehead atoms. The predicted octanol–water partition coefficient (Wildman–Crippen LogP) is 4.62. The maximum atomic E-state index is 13.6. The number of rotatable bonds is 10. The smallest absolute Gasteiger partial charge is 0.255 e. The van der Waals surface area contributed by atoms with Gasteiger partial charge in [0.25, 0.3) is 11.8 Å². The highest BCUT2D eigenvalue weighted by Crippen LogP contribution is 2.31. The summed E-state index contributed by atoms with van der Waals surface area (Å²) in [6, 6.07) is 22.1. The van der Waals surface area contributed by atoms with E-state index in [9.17, 15) is 9.59 Å². The molecule has 0 saturated carbocycles. The molecule has 2 heterocycles. The van der Waals surface area contributed by atoms with E-state index in [-0.39, 0.29) is 11.8 Å². The first kappa shape index (κ1) is 29.2. The predicted molar refractivity (Wildman–Crippen MR) is 167 cm³/mol. The molecule has 10 heteroatoms. The van der Waals surface area contributed by atoms with Crippen LogP contribution in [0.15, 0.2) is 85.2 Å². The van der Waals surface area contributed by atoms with Gasteiger partial charge < -0.3 is 34.6 Å². The SMILES string of the molecule is COc1cc(OC)cc(C(=O)Nc2ccc(N3CCN(c4ccccc4OC)CC3)c(C(=O)NCc3cccnc3)c2)c1. The Morgan fingerprint density at radius 3 is 2.12 bits per heavy atom. The Labute approximate surface area is 251 Å². The number of nitrogens with one attached hydrogen (secondary N) is 2. The lowest BCUT2D eigenvalue weighted by molar-refractivity contribution is 0.0950. The van der Waals surface area contributed by atoms with Crippen molar-refractivity contribution in [3.8, 4) is 17.2 Å². The van der Waals surface area contributed by atoms with E-state index in [1.807, 2.05) is 42.5 Å². The summed E-state index contributed by atoms with van der Waals surface area (Å²) < 4.78 is 16.2. The van der Waals surface area contributed by atoms with Crippen molar-refractivity contribution in [3.63, 3.8) is 0 Å². The number of aromatic nitrogens is 1. The zero-order chi connectivity index (χ0) is 30.2. The Kier molecular flexibility index (Phi) is 9.26. The second kappa shape index (κ2) is 13.6. The number of piperazine rings is 1. The first-order valence-corrected chi connectivity index (χ1v) is 14.0. The van der Waals surface area contributed by atoms with E-state index in [1.54, 1.807) is 43.8 Å². The van der Waals surface area contributed by atoms with E-state index in [0.717, 1.165) is 35.8 Å². The molecule has 0 atom stereocenters. The van der Waals surface area contributed by atoms with Crippen molar-refractivity contribution in [1.82, 2.24) is 10.3 Å². The quantitative estimate of drug-likeness (QED) is 0.280. The van der Waals surface area contributed by atoms with Gasteiger partial charge in [-0.05, 0) is 54.1 Å². The Morgan fingerprint density at radius 1 is 0.767 bits per heavy atom. The van der Waals surface area contributed by atoms with Crippen LogP contribution in [-0.4, -0.2) is 64.3 Å². The van der Waals surface area contributed by atoms with Crippen LogP contribution in [0.3, 0.4) is 0 Å². The van der Waals surface area contributed by atoms with Crippen molar-refractivity contribution >= 4 is 28.9 Å². The summed E-state index contributed by atoms with van der Waals surface area (Å²) in [7, 11) is 4.74. The summed E-state index contributed by atoms with van der Waals surface area (Å²) in [5.41, 5.74) is 4.07.